The summed E-state index contributed by atoms with van der Waals surface area (Å²) >= 11 is 1.19. The Morgan fingerprint density at radius 1 is 1.26 bits per heavy atom. The van der Waals surface area contributed by atoms with Crippen molar-refractivity contribution in [3.05, 3.63) is 58.2 Å². The Kier molecular flexibility index (Phi) is 4.95. The second-order valence-corrected chi connectivity index (χ2v) is 10.4. The van der Waals surface area contributed by atoms with E-state index in [2.05, 4.69) is 10.4 Å². The number of carbonyl (C=O) groups excluding carboxylic acids is 1. The molecule has 0 radical (unpaired) electrons. The summed E-state index contributed by atoms with van der Waals surface area (Å²) in [7, 11) is -1.82. The molecule has 5 rings (SSSR count). The van der Waals surface area contributed by atoms with E-state index in [0.29, 0.717) is 34.2 Å². The van der Waals surface area contributed by atoms with E-state index in [1.54, 1.807) is 35.3 Å². The SMILES string of the molecule is Cn1nc(C(=O)NCc2ccc3c(c2)OCO3)c2c1CCN(S(=O)(=O)c1cccs1)C2. The highest BCUT2D eigenvalue weighted by atomic mass is 32.2. The van der Waals surface area contributed by atoms with Crippen molar-refractivity contribution in [2.45, 2.75) is 23.7 Å². The minimum absolute atomic E-state index is 0.121. The molecule has 11 heteroatoms. The Labute approximate surface area is 183 Å². The second-order valence-electron chi connectivity index (χ2n) is 7.29. The maximum absolute atomic E-state index is 12.9. The molecular formula is C20H20N4O5S2. The highest BCUT2D eigenvalue weighted by Gasteiger charge is 2.34. The number of hydrogen-bond acceptors (Lipinski definition) is 7. The van der Waals surface area contributed by atoms with Gasteiger partial charge in [-0.1, -0.05) is 12.1 Å². The van der Waals surface area contributed by atoms with Gasteiger partial charge in [0.15, 0.2) is 17.2 Å². The summed E-state index contributed by atoms with van der Waals surface area (Å²) in [5, 5.41) is 8.99. The van der Waals surface area contributed by atoms with Crippen LogP contribution in [0.3, 0.4) is 0 Å². The molecule has 0 spiro atoms. The quantitative estimate of drug-likeness (QED) is 0.624. The van der Waals surface area contributed by atoms with Gasteiger partial charge in [0.25, 0.3) is 15.9 Å². The number of ether oxygens (including phenoxy) is 2. The fourth-order valence-electron chi connectivity index (χ4n) is 3.81. The molecule has 2 aliphatic heterocycles. The molecule has 1 N–H and O–H groups in total. The van der Waals surface area contributed by atoms with Gasteiger partial charge >= 0.3 is 0 Å². The van der Waals surface area contributed by atoms with Gasteiger partial charge in [-0.25, -0.2) is 8.42 Å². The third kappa shape index (κ3) is 3.58. The van der Waals surface area contributed by atoms with Gasteiger partial charge in [0.05, 0.1) is 0 Å². The maximum Gasteiger partial charge on any atom is 0.272 e. The van der Waals surface area contributed by atoms with Crippen molar-refractivity contribution in [3.8, 4) is 11.5 Å². The Bertz CT molecular complexity index is 1250. The predicted octanol–water partition coefficient (Wildman–Crippen LogP) is 1.89. The number of sulfonamides is 1. The number of hydrogen-bond donors (Lipinski definition) is 1. The second kappa shape index (κ2) is 7.66. The van der Waals surface area contributed by atoms with Crippen LogP contribution < -0.4 is 14.8 Å². The largest absolute Gasteiger partial charge is 0.454 e. The molecule has 0 bridgehead atoms. The van der Waals surface area contributed by atoms with E-state index >= 15 is 0 Å². The van der Waals surface area contributed by atoms with E-state index in [1.807, 2.05) is 12.1 Å². The minimum atomic E-state index is -3.60. The van der Waals surface area contributed by atoms with Gasteiger partial charge in [0, 0.05) is 44.4 Å². The minimum Gasteiger partial charge on any atom is -0.454 e. The van der Waals surface area contributed by atoms with Crippen LogP contribution in [0.25, 0.3) is 0 Å². The van der Waals surface area contributed by atoms with E-state index in [1.165, 1.54) is 15.6 Å². The number of thiophene rings is 1. The molecule has 0 unspecified atom stereocenters. The Balaban J connectivity index is 1.35. The van der Waals surface area contributed by atoms with Gasteiger partial charge < -0.3 is 14.8 Å². The lowest BCUT2D eigenvalue weighted by Gasteiger charge is -2.26. The van der Waals surface area contributed by atoms with Crippen molar-refractivity contribution in [2.75, 3.05) is 13.3 Å². The lowest BCUT2D eigenvalue weighted by atomic mass is 10.1. The molecule has 31 heavy (non-hydrogen) atoms. The van der Waals surface area contributed by atoms with Crippen molar-refractivity contribution in [2.24, 2.45) is 7.05 Å². The van der Waals surface area contributed by atoms with Crippen LogP contribution in [0, 0.1) is 0 Å². The zero-order valence-electron chi connectivity index (χ0n) is 16.7. The molecule has 0 saturated heterocycles. The number of benzene rings is 1. The molecule has 0 saturated carbocycles. The average molecular weight is 461 g/mol. The standard InChI is InChI=1S/C20H20N4O5S2/c1-23-15-6-7-24(31(26,27)18-3-2-8-30-18)11-14(15)19(22-23)20(25)21-10-13-4-5-16-17(9-13)29-12-28-16/h2-5,8-9H,6-7,10-12H2,1H3,(H,21,25). The van der Waals surface area contributed by atoms with Crippen molar-refractivity contribution < 1.29 is 22.7 Å². The molecule has 3 aromatic rings. The van der Waals surface area contributed by atoms with Gasteiger partial charge in [-0.05, 0) is 29.1 Å². The molecule has 0 atom stereocenters. The van der Waals surface area contributed by atoms with Crippen LogP contribution in [0.2, 0.25) is 0 Å². The Morgan fingerprint density at radius 2 is 2.10 bits per heavy atom. The van der Waals surface area contributed by atoms with Crippen LogP contribution in [0.4, 0.5) is 0 Å². The fraction of sp³-hybridized carbons (Fsp3) is 0.300. The molecule has 1 aromatic carbocycles. The third-order valence-corrected chi connectivity index (χ3v) is 8.62. The average Bonchev–Trinajstić information content (AvgIpc) is 3.52. The lowest BCUT2D eigenvalue weighted by molar-refractivity contribution is 0.0943. The van der Waals surface area contributed by atoms with E-state index in [-0.39, 0.29) is 31.5 Å². The summed E-state index contributed by atoms with van der Waals surface area (Å²) in [6, 6.07) is 8.80. The molecule has 2 aromatic heterocycles. The zero-order valence-corrected chi connectivity index (χ0v) is 18.3. The summed E-state index contributed by atoms with van der Waals surface area (Å²) in [5.74, 6) is 0.988. The normalized spacial score (nSPS) is 15.6. The fourth-order valence-corrected chi connectivity index (χ4v) is 6.36. The van der Waals surface area contributed by atoms with Crippen LogP contribution >= 0.6 is 11.3 Å². The molecule has 9 nitrogen and oxygen atoms in total. The zero-order chi connectivity index (χ0) is 21.6. The van der Waals surface area contributed by atoms with Crippen LogP contribution in [0.5, 0.6) is 11.5 Å². The van der Waals surface area contributed by atoms with Gasteiger partial charge in [-0.15, -0.1) is 11.3 Å². The molecular weight excluding hydrogens is 440 g/mol. The molecule has 2 aliphatic rings. The van der Waals surface area contributed by atoms with Crippen LogP contribution in [-0.4, -0.2) is 41.7 Å². The predicted molar refractivity (Wildman–Crippen MR) is 113 cm³/mol. The maximum atomic E-state index is 12.9. The van der Waals surface area contributed by atoms with E-state index in [4.69, 9.17) is 9.47 Å². The monoisotopic (exact) mass is 460 g/mol. The first-order valence-corrected chi connectivity index (χ1v) is 12.0. The Hall–Kier alpha value is -2.89. The van der Waals surface area contributed by atoms with Crippen molar-refractivity contribution in [1.29, 1.82) is 0 Å². The number of nitrogens with one attached hydrogen (secondary N) is 1. The van der Waals surface area contributed by atoms with E-state index < -0.39 is 10.0 Å². The highest BCUT2D eigenvalue weighted by Crippen LogP contribution is 2.32. The summed E-state index contributed by atoms with van der Waals surface area (Å²) in [6.45, 7) is 0.954. The van der Waals surface area contributed by atoms with E-state index in [9.17, 15) is 13.2 Å². The number of aromatic nitrogens is 2. The highest BCUT2D eigenvalue weighted by molar-refractivity contribution is 7.91. The number of fused-ring (bicyclic) bond motifs is 2. The number of nitrogens with zero attached hydrogens (tertiary/aromatic N) is 3. The summed E-state index contributed by atoms with van der Waals surface area (Å²) in [4.78, 5) is 12.9. The first-order valence-electron chi connectivity index (χ1n) is 9.68. The topological polar surface area (TPSA) is 103 Å². The van der Waals surface area contributed by atoms with Crippen molar-refractivity contribution in [1.82, 2.24) is 19.4 Å². The summed E-state index contributed by atoms with van der Waals surface area (Å²) < 4.78 is 39.9. The van der Waals surface area contributed by atoms with Crippen LogP contribution in [0.1, 0.15) is 27.3 Å². The van der Waals surface area contributed by atoms with Gasteiger partial charge in [0.1, 0.15) is 4.21 Å². The Morgan fingerprint density at radius 3 is 2.90 bits per heavy atom. The number of carbonyl (C=O) groups is 1. The van der Waals surface area contributed by atoms with Gasteiger partial charge in [-0.3, -0.25) is 9.48 Å². The number of amides is 1. The first-order chi connectivity index (χ1) is 14.9. The molecule has 1 amide bonds. The molecule has 0 aliphatic carbocycles. The van der Waals surface area contributed by atoms with Gasteiger partial charge in [-0.2, -0.15) is 9.40 Å². The number of aryl methyl sites for hydroxylation is 1. The van der Waals surface area contributed by atoms with Gasteiger partial charge in [0.2, 0.25) is 6.79 Å². The molecule has 0 fully saturated rings. The number of rotatable bonds is 5. The summed E-state index contributed by atoms with van der Waals surface area (Å²) in [5.41, 5.74) is 2.65. The van der Waals surface area contributed by atoms with Crippen LogP contribution in [0.15, 0.2) is 39.9 Å². The lowest BCUT2D eigenvalue weighted by Crippen LogP contribution is -2.36. The summed E-state index contributed by atoms with van der Waals surface area (Å²) in [6.07, 6.45) is 0.499. The van der Waals surface area contributed by atoms with Crippen molar-refractivity contribution >= 4 is 27.3 Å². The smallest absolute Gasteiger partial charge is 0.272 e. The molecule has 4 heterocycles. The van der Waals surface area contributed by atoms with E-state index in [0.717, 1.165) is 11.3 Å². The molecule has 162 valence electrons. The third-order valence-electron chi connectivity index (χ3n) is 5.40. The first kappa shape index (κ1) is 20.0. The van der Waals surface area contributed by atoms with Crippen molar-refractivity contribution in [3.63, 3.8) is 0 Å². The van der Waals surface area contributed by atoms with Crippen LogP contribution in [-0.2, 0) is 36.6 Å².